The van der Waals surface area contributed by atoms with E-state index in [0.717, 1.165) is 18.3 Å². The summed E-state index contributed by atoms with van der Waals surface area (Å²) in [7, 11) is 0. The molecule has 0 aliphatic rings. The Morgan fingerprint density at radius 2 is 1.96 bits per heavy atom. The van der Waals surface area contributed by atoms with Gasteiger partial charge in [-0.15, -0.1) is 11.6 Å². The van der Waals surface area contributed by atoms with E-state index in [0.29, 0.717) is 38.1 Å². The van der Waals surface area contributed by atoms with E-state index in [4.69, 9.17) is 23.1 Å². The van der Waals surface area contributed by atoms with Crippen LogP contribution in [0.2, 0.25) is 0 Å². The Morgan fingerprint density at radius 1 is 1.23 bits per heavy atom. The van der Waals surface area contributed by atoms with E-state index in [1.807, 2.05) is 30.3 Å². The summed E-state index contributed by atoms with van der Waals surface area (Å²) in [5.41, 5.74) is 12.0. The Morgan fingerprint density at radius 3 is 2.58 bits per heavy atom. The van der Waals surface area contributed by atoms with E-state index in [2.05, 4.69) is 15.6 Å². The first-order valence-corrected chi connectivity index (χ1v) is 9.26. The van der Waals surface area contributed by atoms with Gasteiger partial charge in [-0.2, -0.15) is 0 Å². The molecule has 0 aliphatic carbocycles. The average Bonchev–Trinajstić information content (AvgIpc) is 2.62. The van der Waals surface area contributed by atoms with Crippen molar-refractivity contribution >= 4 is 29.8 Å². The molecule has 0 saturated carbocycles. The number of hydrogen-bond donors (Lipinski definition) is 4. The van der Waals surface area contributed by atoms with Gasteiger partial charge in [-0.05, 0) is 31.2 Å². The standard InChI is InChI=1S/C18H28ClN5O2/c19-11-12-22-15(10-9-14-6-2-1-3-7-14)17(26)23-16(24-18(20)21)8-4-5-13-25/h1-3,6-7,13,15-16,22H,4-5,8-12H2,(H,23,26)(H4,20,21,24). The highest BCUT2D eigenvalue weighted by atomic mass is 35.5. The van der Waals surface area contributed by atoms with E-state index in [-0.39, 0.29) is 11.9 Å². The molecule has 144 valence electrons. The second-order valence-electron chi connectivity index (χ2n) is 5.90. The molecule has 1 aromatic rings. The number of halogens is 1. The van der Waals surface area contributed by atoms with Crippen LogP contribution in [0.5, 0.6) is 0 Å². The van der Waals surface area contributed by atoms with Crippen molar-refractivity contribution in [1.82, 2.24) is 10.6 Å². The fourth-order valence-corrected chi connectivity index (χ4v) is 2.63. The Bertz CT molecular complexity index is 564. The van der Waals surface area contributed by atoms with Gasteiger partial charge < -0.3 is 26.9 Å². The number of amides is 1. The van der Waals surface area contributed by atoms with Crippen molar-refractivity contribution in [2.24, 2.45) is 16.5 Å². The summed E-state index contributed by atoms with van der Waals surface area (Å²) < 4.78 is 0. The molecular formula is C18H28ClN5O2. The molecule has 0 radical (unpaired) electrons. The molecule has 8 heteroatoms. The fourth-order valence-electron chi connectivity index (χ4n) is 2.52. The number of nitrogens with one attached hydrogen (secondary N) is 2. The monoisotopic (exact) mass is 381 g/mol. The minimum atomic E-state index is -0.551. The smallest absolute Gasteiger partial charge is 0.238 e. The first-order valence-electron chi connectivity index (χ1n) is 8.72. The zero-order valence-electron chi connectivity index (χ0n) is 14.9. The third-order valence-electron chi connectivity index (χ3n) is 3.78. The number of rotatable bonds is 13. The van der Waals surface area contributed by atoms with Gasteiger partial charge in [-0.1, -0.05) is 30.3 Å². The average molecular weight is 382 g/mol. The van der Waals surface area contributed by atoms with Crippen molar-refractivity contribution in [2.45, 2.75) is 44.3 Å². The number of carbonyl (C=O) groups excluding carboxylic acids is 2. The number of aryl methyl sites for hydroxylation is 1. The van der Waals surface area contributed by atoms with Gasteiger partial charge in [-0.3, -0.25) is 4.79 Å². The molecule has 2 atom stereocenters. The second-order valence-corrected chi connectivity index (χ2v) is 6.27. The number of nitrogens with zero attached hydrogens (tertiary/aromatic N) is 1. The summed E-state index contributed by atoms with van der Waals surface area (Å²) in [5, 5.41) is 6.00. The van der Waals surface area contributed by atoms with Crippen LogP contribution in [0, 0.1) is 0 Å². The van der Waals surface area contributed by atoms with Crippen molar-refractivity contribution in [2.75, 3.05) is 12.4 Å². The molecule has 1 amide bonds. The molecule has 0 heterocycles. The summed E-state index contributed by atoms with van der Waals surface area (Å²) in [5.74, 6) is 0.120. The number of hydrogen-bond acceptors (Lipinski definition) is 4. The first kappa shape index (κ1) is 21.9. The molecule has 6 N–H and O–H groups in total. The van der Waals surface area contributed by atoms with Crippen LogP contribution in [0.4, 0.5) is 0 Å². The van der Waals surface area contributed by atoms with Crippen molar-refractivity contribution in [3.05, 3.63) is 35.9 Å². The number of alkyl halides is 1. The van der Waals surface area contributed by atoms with E-state index >= 15 is 0 Å². The number of carbonyl (C=O) groups is 2. The zero-order chi connectivity index (χ0) is 19.2. The zero-order valence-corrected chi connectivity index (χ0v) is 15.6. The molecule has 1 rings (SSSR count). The highest BCUT2D eigenvalue weighted by Crippen LogP contribution is 2.07. The molecule has 2 unspecified atom stereocenters. The van der Waals surface area contributed by atoms with Gasteiger partial charge in [-0.25, -0.2) is 4.99 Å². The first-order chi connectivity index (χ1) is 12.6. The van der Waals surface area contributed by atoms with Gasteiger partial charge in [0.25, 0.3) is 0 Å². The molecular weight excluding hydrogens is 354 g/mol. The van der Waals surface area contributed by atoms with Gasteiger partial charge in [0.15, 0.2) is 5.96 Å². The predicted molar refractivity (Wildman–Crippen MR) is 105 cm³/mol. The van der Waals surface area contributed by atoms with Crippen LogP contribution in [-0.2, 0) is 16.0 Å². The molecule has 0 fully saturated rings. The summed E-state index contributed by atoms with van der Waals surface area (Å²) in [6, 6.07) is 9.54. The molecule has 0 aliphatic heterocycles. The molecule has 0 spiro atoms. The molecule has 1 aromatic carbocycles. The third-order valence-corrected chi connectivity index (χ3v) is 3.97. The SMILES string of the molecule is NC(N)=NC(CCCC=O)NC(=O)C(CCc1ccccc1)NCCCl. The minimum Gasteiger partial charge on any atom is -0.370 e. The predicted octanol–water partition coefficient (Wildman–Crippen LogP) is 0.901. The Balaban J connectivity index is 2.68. The Labute approximate surface area is 159 Å². The molecule has 7 nitrogen and oxygen atoms in total. The maximum absolute atomic E-state index is 12.7. The Kier molecular flexibility index (Phi) is 11.1. The van der Waals surface area contributed by atoms with Crippen molar-refractivity contribution in [3.8, 4) is 0 Å². The second kappa shape index (κ2) is 13.1. The number of aliphatic imine (C=N–C) groups is 1. The lowest BCUT2D eigenvalue weighted by atomic mass is 10.0. The minimum absolute atomic E-state index is 0.101. The van der Waals surface area contributed by atoms with Crippen molar-refractivity contribution in [3.63, 3.8) is 0 Å². The van der Waals surface area contributed by atoms with Gasteiger partial charge in [0.2, 0.25) is 5.91 Å². The maximum Gasteiger partial charge on any atom is 0.238 e. The molecule has 26 heavy (non-hydrogen) atoms. The van der Waals surface area contributed by atoms with E-state index in [1.165, 1.54) is 0 Å². The van der Waals surface area contributed by atoms with Gasteiger partial charge >= 0.3 is 0 Å². The topological polar surface area (TPSA) is 123 Å². The summed E-state index contributed by atoms with van der Waals surface area (Å²) in [4.78, 5) is 27.2. The normalized spacial score (nSPS) is 12.8. The Hall–Kier alpha value is -2.12. The number of benzene rings is 1. The van der Waals surface area contributed by atoms with Crippen LogP contribution >= 0.6 is 11.6 Å². The lowest BCUT2D eigenvalue weighted by molar-refractivity contribution is -0.124. The maximum atomic E-state index is 12.7. The lowest BCUT2D eigenvalue weighted by Crippen LogP contribution is -2.48. The van der Waals surface area contributed by atoms with Crippen LogP contribution in [0.1, 0.15) is 31.2 Å². The largest absolute Gasteiger partial charge is 0.370 e. The molecule has 0 aromatic heterocycles. The number of nitrogens with two attached hydrogens (primary N) is 2. The molecule has 0 bridgehead atoms. The number of aldehydes is 1. The van der Waals surface area contributed by atoms with Gasteiger partial charge in [0.1, 0.15) is 12.5 Å². The molecule has 0 saturated heterocycles. The van der Waals surface area contributed by atoms with Gasteiger partial charge in [0, 0.05) is 18.8 Å². The van der Waals surface area contributed by atoms with E-state index < -0.39 is 12.2 Å². The van der Waals surface area contributed by atoms with Crippen molar-refractivity contribution in [1.29, 1.82) is 0 Å². The van der Waals surface area contributed by atoms with Gasteiger partial charge in [0.05, 0.1) is 6.04 Å². The van der Waals surface area contributed by atoms with Crippen LogP contribution in [0.15, 0.2) is 35.3 Å². The highest BCUT2D eigenvalue weighted by molar-refractivity contribution is 6.18. The third kappa shape index (κ3) is 9.39. The number of guanidine groups is 1. The highest BCUT2D eigenvalue weighted by Gasteiger charge is 2.20. The fraction of sp³-hybridized carbons (Fsp3) is 0.500. The van der Waals surface area contributed by atoms with Crippen LogP contribution in [0.3, 0.4) is 0 Å². The summed E-state index contributed by atoms with van der Waals surface area (Å²) >= 11 is 5.74. The summed E-state index contributed by atoms with van der Waals surface area (Å²) in [6.07, 6.45) is 3.14. The summed E-state index contributed by atoms with van der Waals surface area (Å²) in [6.45, 7) is 0.520. The van der Waals surface area contributed by atoms with E-state index in [9.17, 15) is 9.59 Å². The quantitative estimate of drug-likeness (QED) is 0.133. The van der Waals surface area contributed by atoms with Crippen LogP contribution in [0.25, 0.3) is 0 Å². The van der Waals surface area contributed by atoms with Crippen LogP contribution < -0.4 is 22.1 Å². The number of unbranched alkanes of at least 4 members (excludes halogenated alkanes) is 1. The van der Waals surface area contributed by atoms with E-state index in [1.54, 1.807) is 0 Å². The lowest BCUT2D eigenvalue weighted by Gasteiger charge is -2.21. The van der Waals surface area contributed by atoms with Crippen LogP contribution in [-0.4, -0.2) is 42.8 Å². The van der Waals surface area contributed by atoms with Crippen molar-refractivity contribution < 1.29 is 9.59 Å².